The third-order valence-electron chi connectivity index (χ3n) is 3.60. The SMILES string of the molecule is CCCC(S)O[Si](OC(C)(C)C)(c1ccccc1)c1ccccc1. The van der Waals surface area contributed by atoms with Crippen LogP contribution in [0.4, 0.5) is 0 Å². The van der Waals surface area contributed by atoms with Gasteiger partial charge in [-0.3, -0.25) is 0 Å². The molecular weight excluding hydrogens is 332 g/mol. The molecule has 0 saturated heterocycles. The molecule has 0 aromatic heterocycles. The minimum absolute atomic E-state index is 0.149. The lowest BCUT2D eigenvalue weighted by molar-refractivity contribution is 0.0721. The fourth-order valence-corrected chi connectivity index (χ4v) is 6.91. The van der Waals surface area contributed by atoms with E-state index in [1.807, 2.05) is 36.4 Å². The van der Waals surface area contributed by atoms with Crippen LogP contribution in [0.25, 0.3) is 0 Å². The second-order valence-electron chi connectivity index (χ2n) is 6.92. The van der Waals surface area contributed by atoms with Gasteiger partial charge < -0.3 is 8.85 Å². The molecule has 2 nitrogen and oxygen atoms in total. The Kier molecular flexibility index (Phi) is 6.69. The fourth-order valence-electron chi connectivity index (χ4n) is 2.69. The maximum absolute atomic E-state index is 6.68. The predicted octanol–water partition coefficient (Wildman–Crippen LogP) is 4.13. The fraction of sp³-hybridized carbons (Fsp3) is 0.400. The average molecular weight is 361 g/mol. The van der Waals surface area contributed by atoms with Crippen molar-refractivity contribution in [2.45, 2.75) is 51.6 Å². The molecule has 0 bridgehead atoms. The molecule has 24 heavy (non-hydrogen) atoms. The minimum atomic E-state index is -2.86. The van der Waals surface area contributed by atoms with E-state index in [0.717, 1.165) is 23.2 Å². The van der Waals surface area contributed by atoms with E-state index in [4.69, 9.17) is 8.85 Å². The molecule has 2 aromatic rings. The summed E-state index contributed by atoms with van der Waals surface area (Å²) in [5, 5.41) is 2.22. The summed E-state index contributed by atoms with van der Waals surface area (Å²) in [6.45, 7) is 8.39. The third kappa shape index (κ3) is 4.96. The van der Waals surface area contributed by atoms with Gasteiger partial charge in [-0.25, -0.2) is 0 Å². The summed E-state index contributed by atoms with van der Waals surface area (Å²) < 4.78 is 13.3. The Balaban J connectivity index is 2.59. The predicted molar refractivity (Wildman–Crippen MR) is 108 cm³/mol. The van der Waals surface area contributed by atoms with E-state index in [1.54, 1.807) is 0 Å². The highest BCUT2D eigenvalue weighted by atomic mass is 32.1. The number of rotatable bonds is 7. The molecule has 0 aliphatic heterocycles. The quantitative estimate of drug-likeness (QED) is 0.455. The maximum atomic E-state index is 6.68. The maximum Gasteiger partial charge on any atom is 0.408 e. The second kappa shape index (κ2) is 8.34. The van der Waals surface area contributed by atoms with E-state index >= 15 is 0 Å². The van der Waals surface area contributed by atoms with Crippen molar-refractivity contribution in [1.82, 2.24) is 0 Å². The van der Waals surface area contributed by atoms with E-state index in [0.29, 0.717) is 0 Å². The summed E-state index contributed by atoms with van der Waals surface area (Å²) in [6, 6.07) is 20.7. The van der Waals surface area contributed by atoms with Gasteiger partial charge in [0.15, 0.2) is 0 Å². The van der Waals surface area contributed by atoms with Crippen molar-refractivity contribution in [1.29, 1.82) is 0 Å². The summed E-state index contributed by atoms with van der Waals surface area (Å²) >= 11 is 4.69. The van der Waals surface area contributed by atoms with Crippen LogP contribution >= 0.6 is 12.6 Å². The first kappa shape index (κ1) is 19.3. The number of benzene rings is 2. The highest BCUT2D eigenvalue weighted by molar-refractivity contribution is 7.80. The monoisotopic (exact) mass is 360 g/mol. The van der Waals surface area contributed by atoms with Gasteiger partial charge in [0, 0.05) is 0 Å². The lowest BCUT2D eigenvalue weighted by Gasteiger charge is -2.39. The molecule has 0 aliphatic rings. The van der Waals surface area contributed by atoms with Crippen LogP contribution in [0.5, 0.6) is 0 Å². The molecule has 1 atom stereocenters. The van der Waals surface area contributed by atoms with Crippen LogP contribution in [0.1, 0.15) is 40.5 Å². The van der Waals surface area contributed by atoms with Gasteiger partial charge in [0.05, 0.1) is 11.0 Å². The standard InChI is InChI=1S/C20H28O2SSi/c1-5-12-19(23)21-24(22-20(2,3)4,17-13-8-6-9-14-17)18-15-10-7-11-16-18/h6-11,13-16,19,23H,5,12H2,1-4H3. The molecule has 0 aliphatic carbocycles. The summed E-state index contributed by atoms with van der Waals surface area (Å²) in [7, 11) is -2.86. The van der Waals surface area contributed by atoms with Gasteiger partial charge in [0.25, 0.3) is 0 Å². The van der Waals surface area contributed by atoms with Crippen molar-refractivity contribution in [3.05, 3.63) is 60.7 Å². The Morgan fingerprint density at radius 1 is 0.917 bits per heavy atom. The Labute approximate surface area is 152 Å². The van der Waals surface area contributed by atoms with Crippen molar-refractivity contribution < 1.29 is 8.85 Å². The molecule has 0 heterocycles. The van der Waals surface area contributed by atoms with Gasteiger partial charge in [0.1, 0.15) is 0 Å². The summed E-state index contributed by atoms with van der Waals surface area (Å²) in [4.78, 5) is 0. The van der Waals surface area contributed by atoms with E-state index in [9.17, 15) is 0 Å². The van der Waals surface area contributed by atoms with Crippen molar-refractivity contribution in [3.8, 4) is 0 Å². The zero-order valence-electron chi connectivity index (χ0n) is 15.0. The molecule has 130 valence electrons. The Morgan fingerprint density at radius 3 is 1.75 bits per heavy atom. The van der Waals surface area contributed by atoms with Gasteiger partial charge in [-0.05, 0) is 37.6 Å². The van der Waals surface area contributed by atoms with E-state index in [-0.39, 0.29) is 11.0 Å². The minimum Gasteiger partial charge on any atom is -0.383 e. The zero-order valence-corrected chi connectivity index (χ0v) is 16.9. The molecule has 2 aromatic carbocycles. The van der Waals surface area contributed by atoms with Gasteiger partial charge in [-0.2, -0.15) is 0 Å². The highest BCUT2D eigenvalue weighted by Gasteiger charge is 2.46. The first-order valence-corrected chi connectivity index (χ1v) is 10.9. The van der Waals surface area contributed by atoms with Gasteiger partial charge >= 0.3 is 8.56 Å². The van der Waals surface area contributed by atoms with E-state index in [2.05, 4.69) is 64.6 Å². The average Bonchev–Trinajstić information content (AvgIpc) is 2.55. The largest absolute Gasteiger partial charge is 0.408 e. The summed E-state index contributed by atoms with van der Waals surface area (Å²) in [5.74, 6) is 0. The summed E-state index contributed by atoms with van der Waals surface area (Å²) in [5.41, 5.74) is -0.470. The molecule has 2 rings (SSSR count). The summed E-state index contributed by atoms with van der Waals surface area (Å²) in [6.07, 6.45) is 1.92. The Hall–Kier alpha value is -1.07. The highest BCUT2D eigenvalue weighted by Crippen LogP contribution is 2.22. The van der Waals surface area contributed by atoms with Crippen molar-refractivity contribution in [2.24, 2.45) is 0 Å². The first-order valence-electron chi connectivity index (χ1n) is 8.54. The number of hydrogen-bond donors (Lipinski definition) is 1. The van der Waals surface area contributed by atoms with Crippen molar-refractivity contribution >= 4 is 31.6 Å². The Bertz CT molecular complexity index is 571. The van der Waals surface area contributed by atoms with Crippen LogP contribution in [0.3, 0.4) is 0 Å². The lowest BCUT2D eigenvalue weighted by Crippen LogP contribution is -2.66. The van der Waals surface area contributed by atoms with Crippen LogP contribution in [0, 0.1) is 0 Å². The molecule has 0 saturated carbocycles. The van der Waals surface area contributed by atoms with E-state index in [1.165, 1.54) is 0 Å². The molecule has 0 radical (unpaired) electrons. The molecule has 0 spiro atoms. The van der Waals surface area contributed by atoms with Gasteiger partial charge in [0.2, 0.25) is 0 Å². The van der Waals surface area contributed by atoms with Crippen LogP contribution in [0.15, 0.2) is 60.7 Å². The van der Waals surface area contributed by atoms with Gasteiger partial charge in [-0.1, -0.05) is 74.0 Å². The Morgan fingerprint density at radius 2 is 1.38 bits per heavy atom. The van der Waals surface area contributed by atoms with Crippen LogP contribution < -0.4 is 10.4 Å². The molecule has 0 fully saturated rings. The topological polar surface area (TPSA) is 18.5 Å². The van der Waals surface area contributed by atoms with Gasteiger partial charge in [-0.15, -0.1) is 12.6 Å². The van der Waals surface area contributed by atoms with Crippen LogP contribution in [-0.4, -0.2) is 19.6 Å². The normalized spacial score (nSPS) is 13.7. The smallest absolute Gasteiger partial charge is 0.383 e. The van der Waals surface area contributed by atoms with Crippen LogP contribution in [0.2, 0.25) is 0 Å². The molecular formula is C20H28O2SSi. The molecule has 1 unspecified atom stereocenters. The third-order valence-corrected chi connectivity index (χ3v) is 7.86. The second-order valence-corrected chi connectivity index (χ2v) is 10.3. The first-order chi connectivity index (χ1) is 11.4. The van der Waals surface area contributed by atoms with E-state index < -0.39 is 8.56 Å². The molecule has 4 heteroatoms. The number of hydrogen-bond acceptors (Lipinski definition) is 3. The lowest BCUT2D eigenvalue weighted by atomic mass is 10.2. The van der Waals surface area contributed by atoms with Crippen molar-refractivity contribution in [2.75, 3.05) is 0 Å². The van der Waals surface area contributed by atoms with Crippen LogP contribution in [-0.2, 0) is 8.85 Å². The number of thiol groups is 1. The molecule has 0 amide bonds. The zero-order chi connectivity index (χ0) is 17.6. The van der Waals surface area contributed by atoms with Crippen molar-refractivity contribution in [3.63, 3.8) is 0 Å². The molecule has 0 N–H and O–H groups in total.